The van der Waals surface area contributed by atoms with Gasteiger partial charge in [0.25, 0.3) is 11.8 Å². The van der Waals surface area contributed by atoms with Gasteiger partial charge in [0.05, 0.1) is 26.2 Å². The second kappa shape index (κ2) is 16.5. The summed E-state index contributed by atoms with van der Waals surface area (Å²) in [6, 6.07) is 7.39. The van der Waals surface area contributed by atoms with Crippen molar-refractivity contribution in [3.8, 4) is 0 Å². The van der Waals surface area contributed by atoms with Crippen molar-refractivity contribution in [3.63, 3.8) is 0 Å². The first kappa shape index (κ1) is 41.0. The smallest absolute Gasteiger partial charge is 0.283 e. The fourth-order valence-electron chi connectivity index (χ4n) is 8.33. The van der Waals surface area contributed by atoms with Crippen LogP contribution in [-0.2, 0) is 9.59 Å². The first-order chi connectivity index (χ1) is 23.8. The topological polar surface area (TPSA) is 104 Å². The van der Waals surface area contributed by atoms with Gasteiger partial charge in [0.15, 0.2) is 12.1 Å². The lowest BCUT2D eigenvalue weighted by atomic mass is 9.87. The van der Waals surface area contributed by atoms with Crippen LogP contribution in [0, 0.1) is 10.4 Å². The number of likely N-dealkylation sites (tertiary alicyclic amines) is 2. The summed E-state index contributed by atoms with van der Waals surface area (Å²) in [5.74, 6) is 1.13. The summed E-state index contributed by atoms with van der Waals surface area (Å²) in [4.78, 5) is 27.9. The first-order valence-corrected chi connectivity index (χ1v) is 19.9. The van der Waals surface area contributed by atoms with E-state index in [9.17, 15) is 20.0 Å². The Morgan fingerprint density at radius 2 is 0.863 bits per heavy atom. The van der Waals surface area contributed by atoms with Crippen molar-refractivity contribution in [3.05, 3.63) is 68.1 Å². The minimum absolute atomic E-state index is 0.195. The maximum Gasteiger partial charge on any atom is 0.283 e. The number of quaternary nitrogens is 2. The largest absolute Gasteiger partial charge is 0.632 e. The molecule has 0 unspecified atom stereocenters. The highest BCUT2D eigenvalue weighted by Crippen LogP contribution is 2.39. The fourth-order valence-corrected chi connectivity index (χ4v) is 8.33. The lowest BCUT2D eigenvalue weighted by molar-refractivity contribution is -0.902. The van der Waals surface area contributed by atoms with Crippen molar-refractivity contribution in [1.29, 1.82) is 0 Å². The van der Waals surface area contributed by atoms with Gasteiger partial charge < -0.3 is 30.3 Å². The lowest BCUT2D eigenvalue weighted by Crippen LogP contribution is -2.56. The van der Waals surface area contributed by atoms with E-state index in [1.807, 2.05) is 0 Å². The molecule has 0 bridgehead atoms. The molecule has 2 saturated heterocycles. The molecule has 0 aromatic heterocycles. The van der Waals surface area contributed by atoms with E-state index >= 15 is 0 Å². The second-order valence-electron chi connectivity index (χ2n) is 17.5. The number of rotatable bonds is 14. The highest BCUT2D eigenvalue weighted by molar-refractivity contribution is 5.97. The van der Waals surface area contributed by atoms with Crippen LogP contribution < -0.4 is 10.6 Å². The standard InChI is InChI=1S/C43H68N4O4/c1-26(2)32-22-34(28(5)6)40(35(23-32)29(7)8)44-42(48)38-16-13-18-46(38,50)20-15-21-47(51)19-14-17-39(47)43(49)45-41-36(30(9)10)24-33(27(3)4)25-37(41)31(11)12/h22-31,38-39H,13-21H2,1-12H3,(H,44,48)(H,45,49)/t38-,39-,46+,47+/m0/s1. The van der Waals surface area contributed by atoms with Crippen LogP contribution in [0.2, 0.25) is 0 Å². The lowest BCUT2D eigenvalue weighted by Gasteiger charge is -2.46. The predicted molar refractivity (Wildman–Crippen MR) is 212 cm³/mol. The van der Waals surface area contributed by atoms with Crippen molar-refractivity contribution < 1.29 is 18.9 Å². The number of nitrogens with one attached hydrogen (secondary N) is 2. The van der Waals surface area contributed by atoms with Crippen molar-refractivity contribution in [2.24, 2.45) is 0 Å². The predicted octanol–water partition coefficient (Wildman–Crippen LogP) is 10.3. The number of carbonyl (C=O) groups excluding carboxylic acids is 2. The van der Waals surface area contributed by atoms with Gasteiger partial charge in [-0.15, -0.1) is 0 Å². The Labute approximate surface area is 309 Å². The summed E-state index contributed by atoms with van der Waals surface area (Å²) in [5.41, 5.74) is 8.63. The molecular formula is C43H68N4O4. The maximum absolute atomic E-state index is 14.3. The molecule has 284 valence electrons. The third kappa shape index (κ3) is 9.06. The van der Waals surface area contributed by atoms with E-state index in [-0.39, 0.29) is 48.6 Å². The van der Waals surface area contributed by atoms with Gasteiger partial charge in [-0.2, -0.15) is 0 Å². The highest BCUT2D eigenvalue weighted by Gasteiger charge is 2.43. The Bertz CT molecular complexity index is 1370. The van der Waals surface area contributed by atoms with Gasteiger partial charge in [-0.1, -0.05) is 107 Å². The summed E-state index contributed by atoms with van der Waals surface area (Å²) in [5, 5.41) is 35.2. The zero-order valence-electron chi connectivity index (χ0n) is 33.8. The van der Waals surface area contributed by atoms with Gasteiger partial charge in [-0.05, 0) is 68.9 Å². The summed E-state index contributed by atoms with van der Waals surface area (Å²) in [6.45, 7) is 27.0. The van der Waals surface area contributed by atoms with Crippen molar-refractivity contribution >= 4 is 23.2 Å². The van der Waals surface area contributed by atoms with Crippen LogP contribution in [-0.4, -0.2) is 59.4 Å². The minimum Gasteiger partial charge on any atom is -0.632 e. The summed E-state index contributed by atoms with van der Waals surface area (Å²) in [7, 11) is 0. The summed E-state index contributed by atoms with van der Waals surface area (Å²) < 4.78 is -1.23. The number of hydrogen-bond donors (Lipinski definition) is 2. The molecule has 4 rings (SSSR count). The Morgan fingerprint density at radius 3 is 1.12 bits per heavy atom. The molecule has 0 radical (unpaired) electrons. The molecule has 2 aromatic rings. The summed E-state index contributed by atoms with van der Waals surface area (Å²) >= 11 is 0. The summed E-state index contributed by atoms with van der Waals surface area (Å²) in [6.07, 6.45) is 2.78. The average molecular weight is 705 g/mol. The number of carbonyl (C=O) groups is 2. The van der Waals surface area contributed by atoms with Crippen LogP contribution in [0.3, 0.4) is 0 Å². The quantitative estimate of drug-likeness (QED) is 0.151. The molecule has 4 atom stereocenters. The third-order valence-electron chi connectivity index (χ3n) is 11.6. The van der Waals surface area contributed by atoms with Gasteiger partial charge in [0, 0.05) is 43.5 Å². The van der Waals surface area contributed by atoms with Crippen LogP contribution >= 0.6 is 0 Å². The Hall–Kier alpha value is -2.78. The van der Waals surface area contributed by atoms with E-state index in [4.69, 9.17) is 0 Å². The van der Waals surface area contributed by atoms with Gasteiger partial charge in [-0.3, -0.25) is 9.59 Å². The van der Waals surface area contributed by atoms with Gasteiger partial charge in [0.1, 0.15) is 0 Å². The molecule has 8 nitrogen and oxygen atoms in total. The van der Waals surface area contributed by atoms with E-state index in [0.29, 0.717) is 57.0 Å². The Morgan fingerprint density at radius 1 is 0.569 bits per heavy atom. The molecule has 0 aliphatic carbocycles. The molecule has 8 heteroatoms. The molecule has 0 spiro atoms. The molecule has 2 heterocycles. The Balaban J connectivity index is 1.49. The van der Waals surface area contributed by atoms with Crippen LogP contribution in [0.5, 0.6) is 0 Å². The SMILES string of the molecule is CC(C)c1cc(C(C)C)c(NC(=O)[C@@H]2CCC[N@@+]2([O-])CCC[N@+]2([O-])CCC[C@H]2C(=O)Nc2c(C(C)C)cc(C(C)C)cc2C(C)C)c(C(C)C)c1. The second-order valence-corrected chi connectivity index (χ2v) is 17.5. The molecular weight excluding hydrogens is 636 g/mol. The van der Waals surface area contributed by atoms with Crippen LogP contribution in [0.15, 0.2) is 24.3 Å². The number of hydroxylamine groups is 6. The van der Waals surface area contributed by atoms with Crippen LogP contribution in [0.1, 0.15) is 184 Å². The number of anilines is 2. The van der Waals surface area contributed by atoms with Crippen molar-refractivity contribution in [2.75, 3.05) is 36.8 Å². The highest BCUT2D eigenvalue weighted by atomic mass is 16.6. The zero-order valence-corrected chi connectivity index (χ0v) is 33.8. The van der Waals surface area contributed by atoms with Gasteiger partial charge in [-0.25, -0.2) is 0 Å². The molecule has 2 aliphatic heterocycles. The van der Waals surface area contributed by atoms with Crippen LogP contribution in [0.4, 0.5) is 11.4 Å². The minimum atomic E-state index is -0.717. The number of nitrogens with zero attached hydrogens (tertiary/aromatic N) is 2. The maximum atomic E-state index is 14.3. The molecule has 2 N–H and O–H groups in total. The zero-order chi connectivity index (χ0) is 38.0. The number of amides is 2. The van der Waals surface area contributed by atoms with Crippen molar-refractivity contribution in [2.45, 2.75) is 163 Å². The molecule has 2 aromatic carbocycles. The van der Waals surface area contributed by atoms with Crippen LogP contribution in [0.25, 0.3) is 0 Å². The monoisotopic (exact) mass is 705 g/mol. The van der Waals surface area contributed by atoms with E-state index < -0.39 is 21.4 Å². The van der Waals surface area contributed by atoms with E-state index in [2.05, 4.69) is 118 Å². The first-order valence-electron chi connectivity index (χ1n) is 19.9. The third-order valence-corrected chi connectivity index (χ3v) is 11.6. The Kier molecular flexibility index (Phi) is 13.2. The van der Waals surface area contributed by atoms with E-state index in [0.717, 1.165) is 33.6 Å². The van der Waals surface area contributed by atoms with Gasteiger partial charge >= 0.3 is 0 Å². The molecule has 51 heavy (non-hydrogen) atoms. The normalized spacial score (nSPS) is 23.8. The van der Waals surface area contributed by atoms with Crippen molar-refractivity contribution in [1.82, 2.24) is 0 Å². The molecule has 2 amide bonds. The average Bonchev–Trinajstić information content (AvgIpc) is 3.62. The molecule has 2 aliphatic rings. The fraction of sp³-hybridized carbons (Fsp3) is 0.674. The van der Waals surface area contributed by atoms with Gasteiger partial charge in [0.2, 0.25) is 0 Å². The molecule has 2 fully saturated rings. The van der Waals surface area contributed by atoms with E-state index in [1.54, 1.807) is 0 Å². The number of hydrogen-bond acceptors (Lipinski definition) is 4. The number of benzene rings is 2. The molecule has 0 saturated carbocycles. The van der Waals surface area contributed by atoms with E-state index in [1.165, 1.54) is 11.1 Å².